The highest BCUT2D eigenvalue weighted by Gasteiger charge is 2.11. The number of benzene rings is 1. The first-order valence-electron chi connectivity index (χ1n) is 5.46. The van der Waals surface area contributed by atoms with Gasteiger partial charge in [-0.15, -0.1) is 0 Å². The van der Waals surface area contributed by atoms with Crippen molar-refractivity contribution in [1.29, 1.82) is 0 Å². The monoisotopic (exact) mass is 191 g/mol. The fourth-order valence-corrected chi connectivity index (χ4v) is 1.75. The SMILES string of the molecule is CC[C@@H](C)c1cccc(C(C)C)c1N. The van der Waals surface area contributed by atoms with Crippen molar-refractivity contribution in [2.24, 2.45) is 0 Å². The van der Waals surface area contributed by atoms with E-state index in [-0.39, 0.29) is 0 Å². The molecule has 0 aliphatic carbocycles. The van der Waals surface area contributed by atoms with Gasteiger partial charge < -0.3 is 5.73 Å². The fraction of sp³-hybridized carbons (Fsp3) is 0.538. The third kappa shape index (κ3) is 2.09. The summed E-state index contributed by atoms with van der Waals surface area (Å²) in [6.07, 6.45) is 1.14. The molecule has 0 radical (unpaired) electrons. The zero-order valence-corrected chi connectivity index (χ0v) is 9.67. The van der Waals surface area contributed by atoms with Gasteiger partial charge in [0.1, 0.15) is 0 Å². The van der Waals surface area contributed by atoms with E-state index in [4.69, 9.17) is 5.73 Å². The lowest BCUT2D eigenvalue weighted by Crippen LogP contribution is -2.03. The summed E-state index contributed by atoms with van der Waals surface area (Å²) in [5.74, 6) is 1.08. The van der Waals surface area contributed by atoms with Crippen molar-refractivity contribution < 1.29 is 0 Å². The Morgan fingerprint density at radius 1 is 1.14 bits per heavy atom. The molecule has 1 heteroatoms. The maximum absolute atomic E-state index is 6.16. The second kappa shape index (κ2) is 4.50. The van der Waals surface area contributed by atoms with E-state index in [2.05, 4.69) is 45.9 Å². The third-order valence-corrected chi connectivity index (χ3v) is 2.94. The molecule has 0 saturated heterocycles. The second-order valence-corrected chi connectivity index (χ2v) is 4.31. The molecule has 0 aliphatic heterocycles. The Labute approximate surface area is 87.3 Å². The number of nitrogens with two attached hydrogens (primary N) is 1. The van der Waals surface area contributed by atoms with Crippen LogP contribution in [0.4, 0.5) is 5.69 Å². The Balaban J connectivity index is 3.13. The van der Waals surface area contributed by atoms with E-state index in [0.29, 0.717) is 11.8 Å². The highest BCUT2D eigenvalue weighted by atomic mass is 14.6. The molecule has 0 amide bonds. The van der Waals surface area contributed by atoms with Crippen LogP contribution in [-0.4, -0.2) is 0 Å². The zero-order valence-electron chi connectivity index (χ0n) is 9.67. The molecule has 0 bridgehead atoms. The first-order chi connectivity index (χ1) is 6.57. The Morgan fingerprint density at radius 3 is 2.21 bits per heavy atom. The van der Waals surface area contributed by atoms with Gasteiger partial charge in [0.15, 0.2) is 0 Å². The Morgan fingerprint density at radius 2 is 1.71 bits per heavy atom. The van der Waals surface area contributed by atoms with Gasteiger partial charge in [0.25, 0.3) is 0 Å². The average molecular weight is 191 g/mol. The number of hydrogen-bond donors (Lipinski definition) is 1. The van der Waals surface area contributed by atoms with Gasteiger partial charge in [0.2, 0.25) is 0 Å². The van der Waals surface area contributed by atoms with Gasteiger partial charge >= 0.3 is 0 Å². The molecule has 0 aromatic heterocycles. The lowest BCUT2D eigenvalue weighted by Gasteiger charge is -2.17. The number of nitrogen functional groups attached to an aromatic ring is 1. The molecule has 0 fully saturated rings. The fourth-order valence-electron chi connectivity index (χ4n) is 1.75. The minimum atomic E-state index is 0.513. The summed E-state index contributed by atoms with van der Waals surface area (Å²) in [5.41, 5.74) is 9.74. The van der Waals surface area contributed by atoms with E-state index in [0.717, 1.165) is 12.1 Å². The largest absolute Gasteiger partial charge is 0.398 e. The molecule has 1 rings (SSSR count). The molecule has 0 aliphatic rings. The first kappa shape index (κ1) is 11.1. The van der Waals surface area contributed by atoms with Crippen LogP contribution in [0.1, 0.15) is 57.1 Å². The van der Waals surface area contributed by atoms with Crippen LogP contribution in [-0.2, 0) is 0 Å². The predicted octanol–water partition coefficient (Wildman–Crippen LogP) is 3.91. The number of rotatable bonds is 3. The number of anilines is 1. The van der Waals surface area contributed by atoms with E-state index in [1.807, 2.05) is 0 Å². The van der Waals surface area contributed by atoms with Crippen molar-refractivity contribution in [3.05, 3.63) is 29.3 Å². The summed E-state index contributed by atoms with van der Waals surface area (Å²) in [6.45, 7) is 8.81. The summed E-state index contributed by atoms with van der Waals surface area (Å²) in [7, 11) is 0. The van der Waals surface area contributed by atoms with Crippen LogP contribution in [0.2, 0.25) is 0 Å². The van der Waals surface area contributed by atoms with Crippen LogP contribution in [0, 0.1) is 0 Å². The molecule has 0 heterocycles. The lowest BCUT2D eigenvalue weighted by atomic mass is 9.91. The van der Waals surface area contributed by atoms with E-state index in [9.17, 15) is 0 Å². The van der Waals surface area contributed by atoms with Crippen LogP contribution >= 0.6 is 0 Å². The Kier molecular flexibility index (Phi) is 3.56. The van der Waals surface area contributed by atoms with Crippen molar-refractivity contribution in [1.82, 2.24) is 0 Å². The molecule has 78 valence electrons. The predicted molar refractivity (Wildman–Crippen MR) is 63.6 cm³/mol. The minimum absolute atomic E-state index is 0.513. The Bertz CT molecular complexity index is 302. The molecular weight excluding hydrogens is 170 g/mol. The molecule has 0 spiro atoms. The maximum Gasteiger partial charge on any atom is 0.0384 e. The van der Waals surface area contributed by atoms with Crippen molar-refractivity contribution >= 4 is 5.69 Å². The summed E-state index contributed by atoms with van der Waals surface area (Å²) < 4.78 is 0. The van der Waals surface area contributed by atoms with E-state index in [1.54, 1.807) is 0 Å². The quantitative estimate of drug-likeness (QED) is 0.720. The summed E-state index contributed by atoms with van der Waals surface area (Å²) in [4.78, 5) is 0. The van der Waals surface area contributed by atoms with Crippen molar-refractivity contribution in [2.75, 3.05) is 5.73 Å². The van der Waals surface area contributed by atoms with Crippen LogP contribution in [0.3, 0.4) is 0 Å². The topological polar surface area (TPSA) is 26.0 Å². The summed E-state index contributed by atoms with van der Waals surface area (Å²) >= 11 is 0. The van der Waals surface area contributed by atoms with Gasteiger partial charge in [-0.2, -0.15) is 0 Å². The maximum atomic E-state index is 6.16. The highest BCUT2D eigenvalue weighted by Crippen LogP contribution is 2.30. The van der Waals surface area contributed by atoms with Crippen LogP contribution in [0.25, 0.3) is 0 Å². The van der Waals surface area contributed by atoms with Crippen LogP contribution < -0.4 is 5.73 Å². The second-order valence-electron chi connectivity index (χ2n) is 4.31. The number of hydrogen-bond acceptors (Lipinski definition) is 1. The minimum Gasteiger partial charge on any atom is -0.398 e. The van der Waals surface area contributed by atoms with Crippen molar-refractivity contribution in [3.63, 3.8) is 0 Å². The lowest BCUT2D eigenvalue weighted by molar-refractivity contribution is 0.732. The van der Waals surface area contributed by atoms with E-state index < -0.39 is 0 Å². The van der Waals surface area contributed by atoms with Crippen LogP contribution in [0.15, 0.2) is 18.2 Å². The van der Waals surface area contributed by atoms with Gasteiger partial charge in [-0.3, -0.25) is 0 Å². The Hall–Kier alpha value is -0.980. The average Bonchev–Trinajstić information content (AvgIpc) is 2.16. The van der Waals surface area contributed by atoms with Gasteiger partial charge in [-0.05, 0) is 29.4 Å². The van der Waals surface area contributed by atoms with E-state index in [1.165, 1.54) is 11.1 Å². The smallest absolute Gasteiger partial charge is 0.0384 e. The molecule has 14 heavy (non-hydrogen) atoms. The molecule has 1 aromatic rings. The molecule has 0 unspecified atom stereocenters. The van der Waals surface area contributed by atoms with Crippen LogP contribution in [0.5, 0.6) is 0 Å². The highest BCUT2D eigenvalue weighted by molar-refractivity contribution is 5.56. The van der Waals surface area contributed by atoms with Gasteiger partial charge in [0, 0.05) is 5.69 Å². The van der Waals surface area contributed by atoms with Crippen molar-refractivity contribution in [3.8, 4) is 0 Å². The van der Waals surface area contributed by atoms with E-state index >= 15 is 0 Å². The standard InChI is InChI=1S/C13H21N/c1-5-10(4)12-8-6-7-11(9(2)3)13(12)14/h6-10H,5,14H2,1-4H3/t10-/m1/s1. The molecule has 1 nitrogen and oxygen atoms in total. The summed E-state index contributed by atoms with van der Waals surface area (Å²) in [6, 6.07) is 6.40. The molecule has 2 N–H and O–H groups in total. The molecule has 1 atom stereocenters. The zero-order chi connectivity index (χ0) is 10.7. The molecule has 1 aromatic carbocycles. The van der Waals surface area contributed by atoms with Gasteiger partial charge in [-0.25, -0.2) is 0 Å². The number of para-hydroxylation sites is 1. The summed E-state index contributed by atoms with van der Waals surface area (Å²) in [5, 5.41) is 0. The van der Waals surface area contributed by atoms with Gasteiger partial charge in [0.05, 0.1) is 0 Å². The first-order valence-corrected chi connectivity index (χ1v) is 5.46. The van der Waals surface area contributed by atoms with Crippen molar-refractivity contribution in [2.45, 2.75) is 46.0 Å². The van der Waals surface area contributed by atoms with Gasteiger partial charge in [-0.1, -0.05) is 45.9 Å². The normalized spacial score (nSPS) is 13.2. The molecular formula is C13H21N. The molecule has 0 saturated carbocycles. The third-order valence-electron chi connectivity index (χ3n) is 2.94.